The van der Waals surface area contributed by atoms with E-state index in [1.165, 1.54) is 148 Å². The minimum Gasteiger partial charge on any atom is -0.0654 e. The van der Waals surface area contributed by atoms with Crippen LogP contribution in [0, 0.1) is 11.8 Å². The van der Waals surface area contributed by atoms with Gasteiger partial charge in [-0.3, -0.25) is 0 Å². The van der Waals surface area contributed by atoms with Crippen LogP contribution in [0.1, 0.15) is 175 Å². The van der Waals surface area contributed by atoms with Gasteiger partial charge in [-0.05, 0) is 18.3 Å². The summed E-state index contributed by atoms with van der Waals surface area (Å²) < 4.78 is 0. The summed E-state index contributed by atoms with van der Waals surface area (Å²) in [6.07, 6.45) is 33.8. The van der Waals surface area contributed by atoms with Crippen molar-refractivity contribution in [3.05, 3.63) is 0 Å². The first-order valence-corrected chi connectivity index (χ1v) is 14.2. The fraction of sp³-hybridized carbons (Fsp3) is 1.00. The van der Waals surface area contributed by atoms with Gasteiger partial charge in [0.15, 0.2) is 0 Å². The summed E-state index contributed by atoms with van der Waals surface area (Å²) >= 11 is 0. The molecule has 0 aliphatic carbocycles. The van der Waals surface area contributed by atoms with E-state index in [0.717, 1.165) is 11.8 Å². The van der Waals surface area contributed by atoms with Gasteiger partial charge in [0.1, 0.15) is 0 Å². The lowest BCUT2D eigenvalue weighted by molar-refractivity contribution is 0.374. The van der Waals surface area contributed by atoms with E-state index >= 15 is 0 Å². The van der Waals surface area contributed by atoms with Crippen molar-refractivity contribution in [3.63, 3.8) is 0 Å². The Morgan fingerprint density at radius 2 is 0.690 bits per heavy atom. The van der Waals surface area contributed by atoms with E-state index in [1.807, 2.05) is 0 Å². The number of unbranched alkanes of at least 4 members (excludes halogenated alkanes) is 19. The predicted molar refractivity (Wildman–Crippen MR) is 136 cm³/mol. The van der Waals surface area contributed by atoms with Crippen molar-refractivity contribution >= 4 is 0 Å². The van der Waals surface area contributed by atoms with Crippen LogP contribution >= 0.6 is 0 Å². The van der Waals surface area contributed by atoms with E-state index < -0.39 is 0 Å². The summed E-state index contributed by atoms with van der Waals surface area (Å²) in [6.45, 7) is 9.50. The summed E-state index contributed by atoms with van der Waals surface area (Å²) in [7, 11) is 0. The van der Waals surface area contributed by atoms with E-state index in [2.05, 4.69) is 27.7 Å². The van der Waals surface area contributed by atoms with Gasteiger partial charge in [-0.2, -0.15) is 0 Å². The van der Waals surface area contributed by atoms with Crippen molar-refractivity contribution in [2.45, 2.75) is 175 Å². The predicted octanol–water partition coefficient (Wildman–Crippen LogP) is 11.3. The van der Waals surface area contributed by atoms with Gasteiger partial charge in [-0.15, -0.1) is 0 Å². The minimum atomic E-state index is 0.926. The molecular formula is C29H60. The highest BCUT2D eigenvalue weighted by atomic mass is 14.1. The smallest absolute Gasteiger partial charge is 0.0440 e. The Balaban J connectivity index is 3.08. The van der Waals surface area contributed by atoms with Crippen LogP contribution in [0.5, 0.6) is 0 Å². The molecule has 0 fully saturated rings. The average molecular weight is 409 g/mol. The van der Waals surface area contributed by atoms with Gasteiger partial charge >= 0.3 is 0 Å². The molecule has 0 aromatic heterocycles. The normalized spacial score (nSPS) is 13.7. The SMILES string of the molecule is CCCCCCCCCCCCCCCCCCCCCCC(C)CC(C)CC. The highest BCUT2D eigenvalue weighted by Gasteiger charge is 2.06. The third-order valence-corrected chi connectivity index (χ3v) is 7.05. The summed E-state index contributed by atoms with van der Waals surface area (Å²) in [5.74, 6) is 1.87. The molecule has 0 aliphatic heterocycles. The lowest BCUT2D eigenvalue weighted by atomic mass is 9.91. The fourth-order valence-electron chi connectivity index (χ4n) is 4.72. The molecule has 0 N–H and O–H groups in total. The molecule has 0 aromatic rings. The van der Waals surface area contributed by atoms with Gasteiger partial charge in [0, 0.05) is 0 Å². The van der Waals surface area contributed by atoms with E-state index in [4.69, 9.17) is 0 Å². The third-order valence-electron chi connectivity index (χ3n) is 7.05. The molecule has 0 bridgehead atoms. The zero-order chi connectivity index (χ0) is 21.4. The van der Waals surface area contributed by atoms with Crippen LogP contribution in [0.3, 0.4) is 0 Å². The van der Waals surface area contributed by atoms with E-state index in [0.29, 0.717) is 0 Å². The van der Waals surface area contributed by atoms with Gasteiger partial charge in [-0.25, -0.2) is 0 Å². The van der Waals surface area contributed by atoms with Crippen molar-refractivity contribution in [2.75, 3.05) is 0 Å². The van der Waals surface area contributed by atoms with Crippen LogP contribution < -0.4 is 0 Å². The topological polar surface area (TPSA) is 0 Å². The molecule has 0 saturated carbocycles. The second-order valence-corrected chi connectivity index (χ2v) is 10.4. The lowest BCUT2D eigenvalue weighted by Crippen LogP contribution is -2.02. The Kier molecular flexibility index (Phi) is 24.3. The monoisotopic (exact) mass is 408 g/mol. The van der Waals surface area contributed by atoms with Gasteiger partial charge in [0.25, 0.3) is 0 Å². The van der Waals surface area contributed by atoms with Crippen LogP contribution in [-0.2, 0) is 0 Å². The van der Waals surface area contributed by atoms with Crippen LogP contribution in [0.4, 0.5) is 0 Å². The first kappa shape index (κ1) is 29.0. The molecule has 0 heteroatoms. The molecule has 0 aromatic carbocycles. The highest BCUT2D eigenvalue weighted by molar-refractivity contribution is 4.59. The molecule has 0 aliphatic rings. The van der Waals surface area contributed by atoms with E-state index in [1.54, 1.807) is 0 Å². The van der Waals surface area contributed by atoms with Crippen molar-refractivity contribution in [1.82, 2.24) is 0 Å². The quantitative estimate of drug-likeness (QED) is 0.139. The molecule has 0 amide bonds. The molecule has 0 nitrogen and oxygen atoms in total. The molecule has 0 rings (SSSR count). The fourth-order valence-corrected chi connectivity index (χ4v) is 4.72. The Morgan fingerprint density at radius 3 is 1.00 bits per heavy atom. The van der Waals surface area contributed by atoms with Gasteiger partial charge < -0.3 is 0 Å². The lowest BCUT2D eigenvalue weighted by Gasteiger charge is -2.15. The standard InChI is InChI=1S/C29H60/c1-5-7-8-9-10-11-12-13-14-15-16-17-18-19-20-21-22-23-24-25-26-29(4)27-28(3)6-2/h28-29H,5-27H2,1-4H3. The Morgan fingerprint density at radius 1 is 0.379 bits per heavy atom. The maximum Gasteiger partial charge on any atom is -0.0440 e. The second kappa shape index (κ2) is 24.3. The molecule has 176 valence electrons. The van der Waals surface area contributed by atoms with Crippen molar-refractivity contribution in [3.8, 4) is 0 Å². The average Bonchev–Trinajstić information content (AvgIpc) is 2.72. The van der Waals surface area contributed by atoms with Crippen LogP contribution in [0.15, 0.2) is 0 Å². The third kappa shape index (κ3) is 24.1. The van der Waals surface area contributed by atoms with Crippen molar-refractivity contribution < 1.29 is 0 Å². The molecule has 0 heterocycles. The van der Waals surface area contributed by atoms with E-state index in [-0.39, 0.29) is 0 Å². The largest absolute Gasteiger partial charge is 0.0654 e. The Hall–Kier alpha value is 0. The molecule has 0 spiro atoms. The van der Waals surface area contributed by atoms with Gasteiger partial charge in [-0.1, -0.05) is 169 Å². The minimum absolute atomic E-state index is 0.926. The number of hydrogen-bond donors (Lipinski definition) is 0. The molecule has 2 unspecified atom stereocenters. The van der Waals surface area contributed by atoms with Gasteiger partial charge in [0.2, 0.25) is 0 Å². The first-order chi connectivity index (χ1) is 14.2. The Labute approximate surface area is 187 Å². The highest BCUT2D eigenvalue weighted by Crippen LogP contribution is 2.21. The van der Waals surface area contributed by atoms with Crippen molar-refractivity contribution in [2.24, 2.45) is 11.8 Å². The summed E-state index contributed by atoms with van der Waals surface area (Å²) in [5.41, 5.74) is 0. The van der Waals surface area contributed by atoms with Crippen LogP contribution in [0.2, 0.25) is 0 Å². The summed E-state index contributed by atoms with van der Waals surface area (Å²) in [6, 6.07) is 0. The Bertz CT molecular complexity index is 282. The maximum atomic E-state index is 2.46. The molecule has 0 radical (unpaired) electrons. The second-order valence-electron chi connectivity index (χ2n) is 10.4. The molecule has 2 atom stereocenters. The van der Waals surface area contributed by atoms with Crippen LogP contribution in [-0.4, -0.2) is 0 Å². The zero-order valence-corrected chi connectivity index (χ0v) is 21.4. The summed E-state index contributed by atoms with van der Waals surface area (Å²) in [5, 5.41) is 0. The molecule has 29 heavy (non-hydrogen) atoms. The first-order valence-electron chi connectivity index (χ1n) is 14.2. The van der Waals surface area contributed by atoms with Crippen LogP contribution in [0.25, 0.3) is 0 Å². The van der Waals surface area contributed by atoms with E-state index in [9.17, 15) is 0 Å². The van der Waals surface area contributed by atoms with Crippen molar-refractivity contribution in [1.29, 1.82) is 0 Å². The summed E-state index contributed by atoms with van der Waals surface area (Å²) in [4.78, 5) is 0. The number of hydrogen-bond acceptors (Lipinski definition) is 0. The van der Waals surface area contributed by atoms with Gasteiger partial charge in [0.05, 0.1) is 0 Å². The maximum absolute atomic E-state index is 2.46. The zero-order valence-electron chi connectivity index (χ0n) is 21.4. The molecule has 0 saturated heterocycles. The molecular weight excluding hydrogens is 348 g/mol. The number of rotatable bonds is 24.